The number of aromatic nitrogens is 1. The molecule has 2 fully saturated rings. The van der Waals surface area contributed by atoms with Crippen molar-refractivity contribution < 1.29 is 14.3 Å². The van der Waals surface area contributed by atoms with Crippen LogP contribution in [0, 0.1) is 6.92 Å². The van der Waals surface area contributed by atoms with E-state index in [4.69, 9.17) is 9.47 Å². The van der Waals surface area contributed by atoms with Crippen molar-refractivity contribution in [2.24, 2.45) is 0 Å². The molecule has 2 aliphatic heterocycles. The fourth-order valence-electron chi connectivity index (χ4n) is 3.81. The molecular weight excluding hydrogens is 332 g/mol. The zero-order valence-electron chi connectivity index (χ0n) is 15.0. The molecule has 4 rings (SSSR count). The molecule has 0 saturated carbocycles. The second-order valence-corrected chi connectivity index (χ2v) is 7.19. The van der Waals surface area contributed by atoms with Gasteiger partial charge in [0.25, 0.3) is 5.56 Å². The SMILES string of the molecule is Cc1cc2cc(CCC(=O)N3CCC4(CC3)OCCO4)ccc2[nH]c1=O. The summed E-state index contributed by atoms with van der Waals surface area (Å²) in [6.45, 7) is 4.49. The Labute approximate surface area is 152 Å². The summed E-state index contributed by atoms with van der Waals surface area (Å²) in [4.78, 5) is 29.0. The van der Waals surface area contributed by atoms with Crippen LogP contribution in [-0.4, -0.2) is 47.9 Å². The number of rotatable bonds is 3. The molecule has 0 unspecified atom stereocenters. The van der Waals surface area contributed by atoms with Crippen LogP contribution >= 0.6 is 0 Å². The third-order valence-electron chi connectivity index (χ3n) is 5.41. The number of aryl methyl sites for hydroxylation is 2. The summed E-state index contributed by atoms with van der Waals surface area (Å²) in [5.74, 6) is -0.264. The van der Waals surface area contributed by atoms with Gasteiger partial charge in [0, 0.05) is 43.4 Å². The van der Waals surface area contributed by atoms with Crippen molar-refractivity contribution in [3.05, 3.63) is 45.7 Å². The molecule has 1 aromatic carbocycles. The topological polar surface area (TPSA) is 71.6 Å². The van der Waals surface area contributed by atoms with Crippen LogP contribution in [0.3, 0.4) is 0 Å². The first-order chi connectivity index (χ1) is 12.5. The Hall–Kier alpha value is -2.18. The Kier molecular flexibility index (Phi) is 4.54. The maximum Gasteiger partial charge on any atom is 0.251 e. The van der Waals surface area contributed by atoms with Gasteiger partial charge >= 0.3 is 0 Å². The molecule has 0 aliphatic carbocycles. The highest BCUT2D eigenvalue weighted by molar-refractivity contribution is 5.80. The minimum Gasteiger partial charge on any atom is -0.347 e. The normalized spacial score (nSPS) is 19.3. The molecule has 2 aromatic rings. The van der Waals surface area contributed by atoms with Crippen molar-refractivity contribution in [2.45, 2.75) is 38.4 Å². The van der Waals surface area contributed by atoms with Crippen molar-refractivity contribution in [3.63, 3.8) is 0 Å². The van der Waals surface area contributed by atoms with Gasteiger partial charge in [-0.15, -0.1) is 0 Å². The molecule has 0 bridgehead atoms. The standard InChI is InChI=1S/C20H24N2O4/c1-14-12-16-13-15(2-4-17(16)21-19(14)24)3-5-18(23)22-8-6-20(7-9-22)25-10-11-26-20/h2,4,12-13H,3,5-11H2,1H3,(H,21,24). The molecule has 1 amide bonds. The molecule has 6 nitrogen and oxygen atoms in total. The lowest BCUT2D eigenvalue weighted by atomic mass is 10.0. The molecule has 1 spiro atoms. The van der Waals surface area contributed by atoms with Gasteiger partial charge in [-0.05, 0) is 42.5 Å². The number of carbonyl (C=O) groups is 1. The summed E-state index contributed by atoms with van der Waals surface area (Å²) < 4.78 is 11.4. The average Bonchev–Trinajstić information content (AvgIpc) is 3.09. The number of ether oxygens (including phenoxy) is 2. The number of piperidine rings is 1. The summed E-state index contributed by atoms with van der Waals surface area (Å²) in [6.07, 6.45) is 2.69. The monoisotopic (exact) mass is 356 g/mol. The first-order valence-corrected chi connectivity index (χ1v) is 9.23. The average molecular weight is 356 g/mol. The molecule has 138 valence electrons. The lowest BCUT2D eigenvalue weighted by Gasteiger charge is -2.37. The van der Waals surface area contributed by atoms with E-state index >= 15 is 0 Å². The van der Waals surface area contributed by atoms with Crippen LogP contribution in [0.2, 0.25) is 0 Å². The quantitative estimate of drug-likeness (QED) is 0.915. The van der Waals surface area contributed by atoms with Gasteiger partial charge in [-0.25, -0.2) is 0 Å². The van der Waals surface area contributed by atoms with Crippen molar-refractivity contribution in [1.29, 1.82) is 0 Å². The van der Waals surface area contributed by atoms with Crippen LogP contribution in [-0.2, 0) is 20.7 Å². The molecular formula is C20H24N2O4. The fraction of sp³-hybridized carbons (Fsp3) is 0.500. The Morgan fingerprint density at radius 3 is 2.65 bits per heavy atom. The predicted octanol–water partition coefficient (Wildman–Crippen LogP) is 2.13. The molecule has 2 saturated heterocycles. The number of benzene rings is 1. The molecule has 26 heavy (non-hydrogen) atoms. The molecule has 1 N–H and O–H groups in total. The van der Waals surface area contributed by atoms with E-state index in [0.717, 1.165) is 29.3 Å². The van der Waals surface area contributed by atoms with Gasteiger partial charge in [-0.3, -0.25) is 9.59 Å². The summed E-state index contributed by atoms with van der Waals surface area (Å²) in [5.41, 5.74) is 2.57. The van der Waals surface area contributed by atoms with Gasteiger partial charge in [-0.1, -0.05) is 6.07 Å². The number of nitrogens with one attached hydrogen (secondary N) is 1. The van der Waals surface area contributed by atoms with Crippen LogP contribution < -0.4 is 5.56 Å². The van der Waals surface area contributed by atoms with Crippen LogP contribution in [0.1, 0.15) is 30.4 Å². The van der Waals surface area contributed by atoms with Gasteiger partial charge in [0.05, 0.1) is 13.2 Å². The molecule has 0 radical (unpaired) electrons. The molecule has 0 atom stereocenters. The van der Waals surface area contributed by atoms with E-state index in [-0.39, 0.29) is 11.5 Å². The van der Waals surface area contributed by atoms with Crippen LogP contribution in [0.4, 0.5) is 0 Å². The maximum atomic E-state index is 12.5. The van der Waals surface area contributed by atoms with E-state index < -0.39 is 5.79 Å². The zero-order chi connectivity index (χ0) is 18.1. The Morgan fingerprint density at radius 2 is 1.92 bits per heavy atom. The van der Waals surface area contributed by atoms with Gasteiger partial charge < -0.3 is 19.4 Å². The Bertz CT molecular complexity index is 873. The number of carbonyl (C=O) groups excluding carboxylic acids is 1. The van der Waals surface area contributed by atoms with E-state index in [9.17, 15) is 9.59 Å². The van der Waals surface area contributed by atoms with Crippen molar-refractivity contribution in [3.8, 4) is 0 Å². The van der Waals surface area contributed by atoms with Crippen molar-refractivity contribution >= 4 is 16.8 Å². The highest BCUT2D eigenvalue weighted by atomic mass is 16.7. The highest BCUT2D eigenvalue weighted by Gasteiger charge is 2.40. The molecule has 6 heteroatoms. The largest absolute Gasteiger partial charge is 0.347 e. The number of fused-ring (bicyclic) bond motifs is 1. The van der Waals surface area contributed by atoms with E-state index in [1.165, 1.54) is 0 Å². The van der Waals surface area contributed by atoms with Gasteiger partial charge in [0.15, 0.2) is 5.79 Å². The predicted molar refractivity (Wildman–Crippen MR) is 98.1 cm³/mol. The summed E-state index contributed by atoms with van der Waals surface area (Å²) in [7, 11) is 0. The van der Waals surface area contributed by atoms with Crippen molar-refractivity contribution in [2.75, 3.05) is 26.3 Å². The molecule has 3 heterocycles. The number of amides is 1. The zero-order valence-corrected chi connectivity index (χ0v) is 15.0. The van der Waals surface area contributed by atoms with E-state index in [1.807, 2.05) is 23.1 Å². The summed E-state index contributed by atoms with van der Waals surface area (Å²) in [6, 6.07) is 7.84. The minimum absolute atomic E-state index is 0.0569. The van der Waals surface area contributed by atoms with Gasteiger partial charge in [-0.2, -0.15) is 0 Å². The van der Waals surface area contributed by atoms with Crippen LogP contribution in [0.15, 0.2) is 29.1 Å². The van der Waals surface area contributed by atoms with Gasteiger partial charge in [0.1, 0.15) is 0 Å². The van der Waals surface area contributed by atoms with Crippen molar-refractivity contribution in [1.82, 2.24) is 9.88 Å². The Morgan fingerprint density at radius 1 is 1.19 bits per heavy atom. The van der Waals surface area contributed by atoms with Crippen LogP contribution in [0.5, 0.6) is 0 Å². The van der Waals surface area contributed by atoms with Crippen LogP contribution in [0.25, 0.3) is 10.9 Å². The number of nitrogens with zero attached hydrogens (tertiary/aromatic N) is 1. The highest BCUT2D eigenvalue weighted by Crippen LogP contribution is 2.31. The molecule has 1 aromatic heterocycles. The third-order valence-corrected chi connectivity index (χ3v) is 5.41. The number of hydrogen-bond acceptors (Lipinski definition) is 4. The van der Waals surface area contributed by atoms with E-state index in [1.54, 1.807) is 6.92 Å². The fourth-order valence-corrected chi connectivity index (χ4v) is 3.81. The second kappa shape index (κ2) is 6.85. The number of H-pyrrole nitrogens is 1. The number of likely N-dealkylation sites (tertiary alicyclic amines) is 1. The number of hydrogen-bond donors (Lipinski definition) is 1. The molecule has 2 aliphatic rings. The second-order valence-electron chi connectivity index (χ2n) is 7.19. The maximum absolute atomic E-state index is 12.5. The lowest BCUT2D eigenvalue weighted by Crippen LogP contribution is -2.47. The smallest absolute Gasteiger partial charge is 0.251 e. The first kappa shape index (κ1) is 17.2. The third kappa shape index (κ3) is 3.39. The first-order valence-electron chi connectivity index (χ1n) is 9.23. The van der Waals surface area contributed by atoms with E-state index in [0.29, 0.717) is 44.7 Å². The van der Waals surface area contributed by atoms with Gasteiger partial charge in [0.2, 0.25) is 5.91 Å². The summed E-state index contributed by atoms with van der Waals surface area (Å²) in [5, 5.41) is 1.00. The number of aromatic amines is 1. The Balaban J connectivity index is 1.36. The number of pyridine rings is 1. The lowest BCUT2D eigenvalue weighted by molar-refractivity contribution is -0.187. The minimum atomic E-state index is -0.441. The summed E-state index contributed by atoms with van der Waals surface area (Å²) >= 11 is 0. The van der Waals surface area contributed by atoms with E-state index in [2.05, 4.69) is 11.1 Å².